The largest absolute Gasteiger partial charge is 0.381 e. The monoisotopic (exact) mass is 380 g/mol. The highest BCUT2D eigenvalue weighted by Crippen LogP contribution is 2.76. The second kappa shape index (κ2) is 5.12. The summed E-state index contributed by atoms with van der Waals surface area (Å²) in [6.07, 6.45) is 6.68. The first-order valence-corrected chi connectivity index (χ1v) is 10.8. The molecule has 0 aromatic heterocycles. The van der Waals surface area contributed by atoms with Crippen LogP contribution in [0, 0.1) is 28.6 Å². The lowest BCUT2D eigenvalue weighted by atomic mass is 9.44. The van der Waals surface area contributed by atoms with Crippen molar-refractivity contribution in [3.8, 4) is 0 Å². The maximum absolute atomic E-state index is 12.5. The molecule has 0 aromatic rings. The number of rotatable bonds is 2. The van der Waals surface area contributed by atoms with Gasteiger partial charge in [-0.2, -0.15) is 0 Å². The Balaban J connectivity index is 1.53. The fourth-order valence-corrected chi connectivity index (χ4v) is 8.30. The lowest BCUT2D eigenvalue weighted by Crippen LogP contribution is -2.63. The number of Topliss-reactive ketones (excluding diaryl/α,β-unsaturated/α-hetero) is 2. The van der Waals surface area contributed by atoms with Gasteiger partial charge in [-0.3, -0.25) is 9.59 Å². The first-order valence-electron chi connectivity index (χ1n) is 10.2. The SMILES string of the molecule is C[C@]12CCC(=O)C[C@H]1CC[C@H]1[C@@H]3CC[C@](O)(C(=O)CCl)[C@@]3(C)CC3O[C@]312. The van der Waals surface area contributed by atoms with Gasteiger partial charge in [0.15, 0.2) is 5.78 Å². The van der Waals surface area contributed by atoms with Crippen LogP contribution in [0.4, 0.5) is 0 Å². The molecule has 0 aromatic carbocycles. The Bertz CT molecular complexity index is 693. The summed E-state index contributed by atoms with van der Waals surface area (Å²) >= 11 is 5.85. The van der Waals surface area contributed by atoms with E-state index in [4.69, 9.17) is 16.3 Å². The van der Waals surface area contributed by atoms with Gasteiger partial charge in [-0.05, 0) is 56.3 Å². The number of alkyl halides is 1. The second-order valence-corrected chi connectivity index (χ2v) is 10.4. The highest BCUT2D eigenvalue weighted by atomic mass is 35.5. The quantitative estimate of drug-likeness (QED) is 0.589. The van der Waals surface area contributed by atoms with Crippen molar-refractivity contribution in [3.63, 3.8) is 0 Å². The third-order valence-electron chi connectivity index (χ3n) is 9.58. The number of aliphatic hydroxyl groups is 1. The molecule has 1 spiro atoms. The Kier molecular flexibility index (Phi) is 3.48. The third kappa shape index (κ3) is 1.76. The molecule has 144 valence electrons. The van der Waals surface area contributed by atoms with E-state index in [9.17, 15) is 14.7 Å². The Labute approximate surface area is 160 Å². The van der Waals surface area contributed by atoms with Crippen LogP contribution in [0.2, 0.25) is 0 Å². The average molecular weight is 381 g/mol. The molecule has 4 aliphatic carbocycles. The van der Waals surface area contributed by atoms with E-state index in [0.717, 1.165) is 32.1 Å². The number of fused-ring (bicyclic) bond motifs is 3. The molecule has 0 amide bonds. The zero-order chi connectivity index (χ0) is 18.5. The van der Waals surface area contributed by atoms with E-state index in [1.807, 2.05) is 0 Å². The van der Waals surface area contributed by atoms with Crippen molar-refractivity contribution in [3.05, 3.63) is 0 Å². The average Bonchev–Trinajstić information content (AvgIpc) is 3.27. The van der Waals surface area contributed by atoms with Gasteiger partial charge < -0.3 is 9.84 Å². The van der Waals surface area contributed by atoms with E-state index < -0.39 is 11.0 Å². The number of ketones is 2. The smallest absolute Gasteiger partial charge is 0.179 e. The van der Waals surface area contributed by atoms with Crippen molar-refractivity contribution < 1.29 is 19.4 Å². The van der Waals surface area contributed by atoms with E-state index >= 15 is 0 Å². The number of carbonyl (C=O) groups excluding carboxylic acids is 2. The first kappa shape index (κ1) is 17.6. The van der Waals surface area contributed by atoms with Crippen molar-refractivity contribution in [1.29, 1.82) is 0 Å². The molecule has 1 N–H and O–H groups in total. The van der Waals surface area contributed by atoms with Crippen LogP contribution in [-0.4, -0.2) is 39.9 Å². The number of carbonyl (C=O) groups is 2. The summed E-state index contributed by atoms with van der Waals surface area (Å²) in [5, 5.41) is 11.3. The van der Waals surface area contributed by atoms with Crippen molar-refractivity contribution in [1.82, 2.24) is 0 Å². The maximum Gasteiger partial charge on any atom is 0.179 e. The van der Waals surface area contributed by atoms with Gasteiger partial charge in [0.1, 0.15) is 17.0 Å². The maximum atomic E-state index is 12.5. The Hall–Kier alpha value is -0.450. The summed E-state index contributed by atoms with van der Waals surface area (Å²) in [6.45, 7) is 4.45. The zero-order valence-electron chi connectivity index (χ0n) is 15.7. The normalized spacial score (nSPS) is 57.6. The van der Waals surface area contributed by atoms with E-state index in [1.54, 1.807) is 0 Å². The molecule has 0 radical (unpaired) electrons. The van der Waals surface area contributed by atoms with Crippen LogP contribution in [0.15, 0.2) is 0 Å². The highest BCUT2D eigenvalue weighted by molar-refractivity contribution is 6.29. The van der Waals surface area contributed by atoms with E-state index in [1.165, 1.54) is 0 Å². The molecule has 5 heteroatoms. The fraction of sp³-hybridized carbons (Fsp3) is 0.905. The molecular weight excluding hydrogens is 352 g/mol. The molecule has 4 saturated carbocycles. The summed E-state index contributed by atoms with van der Waals surface area (Å²) < 4.78 is 6.52. The van der Waals surface area contributed by atoms with Gasteiger partial charge in [0.2, 0.25) is 0 Å². The second-order valence-electron chi connectivity index (χ2n) is 10.1. The predicted molar refractivity (Wildman–Crippen MR) is 96.9 cm³/mol. The van der Waals surface area contributed by atoms with Crippen LogP contribution in [-0.2, 0) is 14.3 Å². The molecule has 1 aliphatic heterocycles. The number of hydrogen-bond acceptors (Lipinski definition) is 4. The molecule has 1 unspecified atom stereocenters. The zero-order valence-corrected chi connectivity index (χ0v) is 16.5. The molecular formula is C21H29ClO4. The minimum Gasteiger partial charge on any atom is -0.381 e. The molecule has 8 atom stereocenters. The highest BCUT2D eigenvalue weighted by Gasteiger charge is 2.81. The summed E-state index contributed by atoms with van der Waals surface area (Å²) in [5.74, 6) is 1.18. The molecule has 1 saturated heterocycles. The fourth-order valence-electron chi connectivity index (χ4n) is 8.08. The molecule has 5 aliphatic rings. The number of ether oxygens (including phenoxy) is 1. The molecule has 5 fully saturated rings. The lowest BCUT2D eigenvalue weighted by molar-refractivity contribution is -0.161. The number of halogens is 1. The van der Waals surface area contributed by atoms with Crippen LogP contribution in [0.5, 0.6) is 0 Å². The van der Waals surface area contributed by atoms with Gasteiger partial charge >= 0.3 is 0 Å². The topological polar surface area (TPSA) is 66.9 Å². The summed E-state index contributed by atoms with van der Waals surface area (Å²) in [5.41, 5.74) is -1.82. The molecule has 5 rings (SSSR count). The van der Waals surface area contributed by atoms with Crippen molar-refractivity contribution in [2.75, 3.05) is 5.88 Å². The molecule has 26 heavy (non-hydrogen) atoms. The molecule has 4 nitrogen and oxygen atoms in total. The Morgan fingerprint density at radius 2 is 1.96 bits per heavy atom. The number of hydrogen-bond donors (Lipinski definition) is 1. The van der Waals surface area contributed by atoms with E-state index in [2.05, 4.69) is 13.8 Å². The summed E-state index contributed by atoms with van der Waals surface area (Å²) in [4.78, 5) is 24.6. The summed E-state index contributed by atoms with van der Waals surface area (Å²) in [7, 11) is 0. The van der Waals surface area contributed by atoms with Crippen LogP contribution in [0.3, 0.4) is 0 Å². The van der Waals surface area contributed by atoms with Gasteiger partial charge in [0.05, 0.1) is 12.0 Å². The molecule has 1 heterocycles. The van der Waals surface area contributed by atoms with Crippen LogP contribution < -0.4 is 0 Å². The van der Waals surface area contributed by atoms with Crippen molar-refractivity contribution in [2.24, 2.45) is 28.6 Å². The standard InChI is InChI=1S/C21H29ClO4/c1-18-7-5-13(23)9-12(18)3-4-15-14-6-8-20(25,16(24)11-22)19(14,2)10-17-21(15,18)26-17/h12,14-15,17,25H,3-11H2,1-2H3/t12-,14+,15+,17?,18+,19+,20+,21+/m1/s1. The van der Waals surface area contributed by atoms with Crippen LogP contribution in [0.1, 0.15) is 65.2 Å². The van der Waals surface area contributed by atoms with Gasteiger partial charge in [-0.1, -0.05) is 13.8 Å². The molecule has 0 bridgehead atoms. The van der Waals surface area contributed by atoms with Gasteiger partial charge in [0.25, 0.3) is 0 Å². The van der Waals surface area contributed by atoms with Crippen molar-refractivity contribution >= 4 is 23.2 Å². The van der Waals surface area contributed by atoms with Gasteiger partial charge in [-0.15, -0.1) is 11.6 Å². The minimum atomic E-state index is -1.31. The minimum absolute atomic E-state index is 0.0625. The van der Waals surface area contributed by atoms with Crippen LogP contribution in [0.25, 0.3) is 0 Å². The van der Waals surface area contributed by atoms with Crippen molar-refractivity contribution in [2.45, 2.75) is 82.5 Å². The Morgan fingerprint density at radius 1 is 1.19 bits per heavy atom. The predicted octanol–water partition coefficient (Wildman–Crippen LogP) is 3.27. The van der Waals surface area contributed by atoms with Gasteiger partial charge in [0, 0.05) is 23.7 Å². The lowest BCUT2D eigenvalue weighted by Gasteiger charge is -2.58. The van der Waals surface area contributed by atoms with E-state index in [0.29, 0.717) is 42.8 Å². The summed E-state index contributed by atoms with van der Waals surface area (Å²) in [6, 6.07) is 0. The van der Waals surface area contributed by atoms with Gasteiger partial charge in [-0.25, -0.2) is 0 Å². The first-order chi connectivity index (χ1) is 12.2. The third-order valence-corrected chi connectivity index (χ3v) is 9.83. The number of epoxide rings is 1. The van der Waals surface area contributed by atoms with Crippen LogP contribution >= 0.6 is 11.6 Å². The Morgan fingerprint density at radius 3 is 2.69 bits per heavy atom. The van der Waals surface area contributed by atoms with E-state index in [-0.39, 0.29) is 28.8 Å².